The van der Waals surface area contributed by atoms with E-state index in [0.29, 0.717) is 11.3 Å². The number of methoxy groups -OCH3 is 1. The number of rotatable bonds is 3. The van der Waals surface area contributed by atoms with Crippen LogP contribution in [0.5, 0.6) is 5.75 Å². The predicted octanol–water partition coefficient (Wildman–Crippen LogP) is -0.792. The van der Waals surface area contributed by atoms with Crippen molar-refractivity contribution in [2.75, 3.05) is 20.3 Å². The topological polar surface area (TPSA) is 82.0 Å². The summed E-state index contributed by atoms with van der Waals surface area (Å²) in [6, 6.07) is 7.09. The minimum atomic E-state index is -1.04. The molecule has 17 heavy (non-hydrogen) atoms. The van der Waals surface area contributed by atoms with Gasteiger partial charge in [-0.3, -0.25) is 0 Å². The summed E-state index contributed by atoms with van der Waals surface area (Å²) < 4.78 is 5.11. The van der Waals surface area contributed by atoms with Crippen molar-refractivity contribution in [1.29, 1.82) is 0 Å². The second kappa shape index (κ2) is 4.62. The number of benzene rings is 1. The molecule has 1 saturated heterocycles. The monoisotopic (exact) mass is 239 g/mol. The molecule has 5 heteroatoms. The van der Waals surface area contributed by atoms with Gasteiger partial charge in [-0.1, -0.05) is 12.1 Å². The fourth-order valence-corrected chi connectivity index (χ4v) is 2.25. The SMILES string of the molecule is COc1cccc([C@@]2(CO)NC[C@H](O)[C@H]2O)c1. The van der Waals surface area contributed by atoms with Crippen LogP contribution in [0.3, 0.4) is 0 Å². The maximum atomic E-state index is 10.0. The molecule has 0 aliphatic carbocycles. The molecule has 1 aromatic rings. The third-order valence-electron chi connectivity index (χ3n) is 3.33. The van der Waals surface area contributed by atoms with Crippen LogP contribution in [-0.2, 0) is 5.54 Å². The first-order valence-electron chi connectivity index (χ1n) is 5.50. The van der Waals surface area contributed by atoms with Gasteiger partial charge in [0.15, 0.2) is 0 Å². The average Bonchev–Trinajstić information content (AvgIpc) is 2.67. The molecule has 0 saturated carbocycles. The van der Waals surface area contributed by atoms with Crippen molar-refractivity contribution in [3.8, 4) is 5.75 Å². The van der Waals surface area contributed by atoms with Crippen LogP contribution in [0.2, 0.25) is 0 Å². The molecule has 0 aromatic heterocycles. The molecule has 3 atom stereocenters. The Morgan fingerprint density at radius 1 is 1.47 bits per heavy atom. The zero-order chi connectivity index (χ0) is 12.5. The highest BCUT2D eigenvalue weighted by Crippen LogP contribution is 2.32. The van der Waals surface area contributed by atoms with Gasteiger partial charge in [0.2, 0.25) is 0 Å². The van der Waals surface area contributed by atoms with Crippen molar-refractivity contribution in [2.24, 2.45) is 0 Å². The molecular formula is C12H17NO4. The summed E-state index contributed by atoms with van der Waals surface area (Å²) in [5.41, 5.74) is -0.322. The van der Waals surface area contributed by atoms with Gasteiger partial charge in [0.25, 0.3) is 0 Å². The average molecular weight is 239 g/mol. The molecule has 4 N–H and O–H groups in total. The van der Waals surface area contributed by atoms with Gasteiger partial charge in [-0.05, 0) is 17.7 Å². The fourth-order valence-electron chi connectivity index (χ4n) is 2.25. The molecule has 0 spiro atoms. The lowest BCUT2D eigenvalue weighted by Crippen LogP contribution is -2.49. The Labute approximate surface area is 99.7 Å². The number of β-amino-alcohol motifs (C(OH)–C–C–N with tert-alkyl or cyclic N) is 1. The highest BCUT2D eigenvalue weighted by molar-refractivity contribution is 5.36. The fraction of sp³-hybridized carbons (Fsp3) is 0.500. The predicted molar refractivity (Wildman–Crippen MR) is 61.8 cm³/mol. The molecule has 2 rings (SSSR count). The third-order valence-corrected chi connectivity index (χ3v) is 3.33. The van der Waals surface area contributed by atoms with Gasteiger partial charge >= 0.3 is 0 Å². The molecule has 0 radical (unpaired) electrons. The van der Waals surface area contributed by atoms with Crippen molar-refractivity contribution in [3.05, 3.63) is 29.8 Å². The van der Waals surface area contributed by atoms with Gasteiger partial charge in [0.05, 0.1) is 25.4 Å². The number of aliphatic hydroxyl groups is 3. The van der Waals surface area contributed by atoms with Gasteiger partial charge < -0.3 is 25.4 Å². The van der Waals surface area contributed by atoms with E-state index in [4.69, 9.17) is 4.74 Å². The number of ether oxygens (including phenoxy) is 1. The van der Waals surface area contributed by atoms with Crippen molar-refractivity contribution in [3.63, 3.8) is 0 Å². The Hall–Kier alpha value is -1.14. The maximum absolute atomic E-state index is 10.0. The van der Waals surface area contributed by atoms with Crippen LogP contribution in [0, 0.1) is 0 Å². The lowest BCUT2D eigenvalue weighted by Gasteiger charge is -2.32. The molecule has 1 aliphatic heterocycles. The molecule has 1 aromatic carbocycles. The smallest absolute Gasteiger partial charge is 0.119 e. The van der Waals surface area contributed by atoms with Gasteiger partial charge in [-0.15, -0.1) is 0 Å². The summed E-state index contributed by atoms with van der Waals surface area (Å²) in [5.74, 6) is 0.644. The van der Waals surface area contributed by atoms with E-state index in [9.17, 15) is 15.3 Å². The number of nitrogens with one attached hydrogen (secondary N) is 1. The van der Waals surface area contributed by atoms with Crippen molar-refractivity contribution < 1.29 is 20.1 Å². The summed E-state index contributed by atoms with van der Waals surface area (Å²) in [7, 11) is 1.55. The summed E-state index contributed by atoms with van der Waals surface area (Å²) >= 11 is 0. The van der Waals surface area contributed by atoms with Gasteiger partial charge in [0.1, 0.15) is 11.9 Å². The van der Waals surface area contributed by atoms with Crippen molar-refractivity contribution >= 4 is 0 Å². The molecule has 1 fully saturated rings. The first kappa shape index (κ1) is 12.3. The highest BCUT2D eigenvalue weighted by Gasteiger charge is 2.48. The Bertz CT molecular complexity index is 398. The van der Waals surface area contributed by atoms with Crippen LogP contribution < -0.4 is 10.1 Å². The van der Waals surface area contributed by atoms with E-state index in [-0.39, 0.29) is 13.2 Å². The molecule has 5 nitrogen and oxygen atoms in total. The standard InChI is InChI=1S/C12H17NO4/c1-17-9-4-2-3-8(5-9)12(7-14)11(16)10(15)6-13-12/h2-5,10-11,13-16H,6-7H2,1H3/t10-,11+,12+/m0/s1. The Morgan fingerprint density at radius 3 is 2.76 bits per heavy atom. The quantitative estimate of drug-likeness (QED) is 0.555. The molecule has 94 valence electrons. The first-order valence-corrected chi connectivity index (χ1v) is 5.50. The van der Waals surface area contributed by atoms with Crippen molar-refractivity contribution in [2.45, 2.75) is 17.7 Å². The van der Waals surface area contributed by atoms with Crippen LogP contribution in [-0.4, -0.2) is 47.8 Å². The molecule has 0 bridgehead atoms. The minimum Gasteiger partial charge on any atom is -0.497 e. The zero-order valence-corrected chi connectivity index (χ0v) is 9.63. The van der Waals surface area contributed by atoms with E-state index >= 15 is 0 Å². The number of aliphatic hydroxyl groups excluding tert-OH is 3. The molecule has 0 amide bonds. The molecule has 1 heterocycles. The Kier molecular flexibility index (Phi) is 3.35. The van der Waals surface area contributed by atoms with E-state index in [1.807, 2.05) is 0 Å². The van der Waals surface area contributed by atoms with Crippen LogP contribution in [0.25, 0.3) is 0 Å². The second-order valence-corrected chi connectivity index (χ2v) is 4.25. The van der Waals surface area contributed by atoms with Gasteiger partial charge in [0, 0.05) is 6.54 Å². The third kappa shape index (κ3) is 1.91. The first-order chi connectivity index (χ1) is 8.14. The molecule has 0 unspecified atom stereocenters. The second-order valence-electron chi connectivity index (χ2n) is 4.25. The lowest BCUT2D eigenvalue weighted by atomic mass is 9.86. The molecular weight excluding hydrogens is 222 g/mol. The summed E-state index contributed by atoms with van der Waals surface area (Å²) in [6.45, 7) is -0.0443. The van der Waals surface area contributed by atoms with E-state index in [1.165, 1.54) is 0 Å². The summed E-state index contributed by atoms with van der Waals surface area (Å²) in [5, 5.41) is 32.1. The maximum Gasteiger partial charge on any atom is 0.119 e. The van der Waals surface area contributed by atoms with Gasteiger partial charge in [-0.2, -0.15) is 0 Å². The van der Waals surface area contributed by atoms with Crippen molar-refractivity contribution in [1.82, 2.24) is 5.32 Å². The van der Waals surface area contributed by atoms with Crippen LogP contribution in [0.4, 0.5) is 0 Å². The minimum absolute atomic E-state index is 0.249. The van der Waals surface area contributed by atoms with Crippen LogP contribution in [0.1, 0.15) is 5.56 Å². The van der Waals surface area contributed by atoms with Crippen LogP contribution in [0.15, 0.2) is 24.3 Å². The van der Waals surface area contributed by atoms with E-state index in [1.54, 1.807) is 31.4 Å². The Morgan fingerprint density at radius 2 is 2.24 bits per heavy atom. The zero-order valence-electron chi connectivity index (χ0n) is 9.63. The summed E-state index contributed by atoms with van der Waals surface area (Å²) in [4.78, 5) is 0. The van der Waals surface area contributed by atoms with E-state index in [0.717, 1.165) is 0 Å². The normalized spacial score (nSPS) is 32.7. The van der Waals surface area contributed by atoms with E-state index < -0.39 is 17.7 Å². The van der Waals surface area contributed by atoms with E-state index in [2.05, 4.69) is 5.32 Å². The lowest BCUT2D eigenvalue weighted by molar-refractivity contribution is -0.0111. The number of hydrogen-bond acceptors (Lipinski definition) is 5. The van der Waals surface area contributed by atoms with Crippen LogP contribution >= 0.6 is 0 Å². The largest absolute Gasteiger partial charge is 0.497 e. The number of hydrogen-bond donors (Lipinski definition) is 4. The Balaban J connectivity index is 2.41. The molecule has 1 aliphatic rings. The highest BCUT2D eigenvalue weighted by atomic mass is 16.5. The van der Waals surface area contributed by atoms with Gasteiger partial charge in [-0.25, -0.2) is 0 Å². The summed E-state index contributed by atoms with van der Waals surface area (Å²) in [6.07, 6.45) is -1.92.